The molecule has 2 aromatic rings. The minimum absolute atomic E-state index is 0.430. The van der Waals surface area contributed by atoms with E-state index in [-0.39, 0.29) is 0 Å². The van der Waals surface area contributed by atoms with Crippen molar-refractivity contribution in [2.45, 2.75) is 31.4 Å². The van der Waals surface area contributed by atoms with E-state index in [1.54, 1.807) is 30.0 Å². The summed E-state index contributed by atoms with van der Waals surface area (Å²) in [4.78, 5) is 0. The van der Waals surface area contributed by atoms with Crippen molar-refractivity contribution in [1.82, 2.24) is 10.2 Å². The van der Waals surface area contributed by atoms with Crippen LogP contribution in [0.15, 0.2) is 27.8 Å². The van der Waals surface area contributed by atoms with Gasteiger partial charge in [0.25, 0.3) is 5.22 Å². The monoisotopic (exact) mass is 316 g/mol. The lowest BCUT2D eigenvalue weighted by molar-refractivity contribution is 0.465. The number of rotatable bonds is 6. The van der Waals surface area contributed by atoms with Crippen LogP contribution in [0, 0.1) is 0 Å². The molecule has 0 unspecified atom stereocenters. The Morgan fingerprint density at radius 1 is 1.21 bits per heavy atom. The quantitative estimate of drug-likeness (QED) is 0.533. The number of hydrogen-bond donors (Lipinski definition) is 0. The largest absolute Gasteiger partial charge is 0.411 e. The van der Waals surface area contributed by atoms with Gasteiger partial charge in [0.1, 0.15) is 0 Å². The van der Waals surface area contributed by atoms with Gasteiger partial charge in [-0.25, -0.2) is 0 Å². The first kappa shape index (κ1) is 14.7. The maximum absolute atomic E-state index is 6.10. The maximum atomic E-state index is 6.10. The van der Waals surface area contributed by atoms with E-state index in [1.165, 1.54) is 12.8 Å². The van der Waals surface area contributed by atoms with Crippen LogP contribution in [0.5, 0.6) is 0 Å². The van der Waals surface area contributed by atoms with Gasteiger partial charge in [-0.1, -0.05) is 54.7 Å². The van der Waals surface area contributed by atoms with Gasteiger partial charge in [-0.15, -0.1) is 10.2 Å². The van der Waals surface area contributed by atoms with Crippen LogP contribution in [0.4, 0.5) is 0 Å². The van der Waals surface area contributed by atoms with Crippen LogP contribution in [0.2, 0.25) is 10.0 Å². The molecule has 6 heteroatoms. The van der Waals surface area contributed by atoms with E-state index in [0.717, 1.165) is 12.2 Å². The second-order valence-corrected chi connectivity index (χ2v) is 5.94. The number of nitrogens with zero attached hydrogens (tertiary/aromatic N) is 2. The van der Waals surface area contributed by atoms with E-state index < -0.39 is 0 Å². The standard InChI is InChI=1S/C13H14Cl2N2OS/c1-2-3-4-7-19-13-17-16-12(18-13)10-6-5-9(14)8-11(10)15/h5-6,8H,2-4,7H2,1H3. The Morgan fingerprint density at radius 2 is 2.05 bits per heavy atom. The SMILES string of the molecule is CCCCCSc1nnc(-c2ccc(Cl)cc2Cl)o1. The van der Waals surface area contributed by atoms with E-state index in [0.29, 0.717) is 26.7 Å². The van der Waals surface area contributed by atoms with Gasteiger partial charge in [0.2, 0.25) is 5.89 Å². The third kappa shape index (κ3) is 4.13. The van der Waals surface area contributed by atoms with Crippen LogP contribution in [0.1, 0.15) is 26.2 Å². The zero-order valence-electron chi connectivity index (χ0n) is 10.5. The summed E-state index contributed by atoms with van der Waals surface area (Å²) in [5.74, 6) is 1.42. The molecule has 0 saturated heterocycles. The average molecular weight is 317 g/mol. The molecule has 0 bridgehead atoms. The Kier molecular flexibility index (Phi) is 5.55. The Hall–Kier alpha value is -0.710. The first-order valence-corrected chi connectivity index (χ1v) is 7.86. The topological polar surface area (TPSA) is 38.9 Å². The molecule has 0 radical (unpaired) electrons. The molecule has 19 heavy (non-hydrogen) atoms. The number of aromatic nitrogens is 2. The van der Waals surface area contributed by atoms with Gasteiger partial charge in [0.15, 0.2) is 0 Å². The Balaban J connectivity index is 2.04. The number of halogens is 2. The minimum Gasteiger partial charge on any atom is -0.411 e. The predicted molar refractivity (Wildman–Crippen MR) is 80.0 cm³/mol. The molecule has 0 N–H and O–H groups in total. The second-order valence-electron chi connectivity index (χ2n) is 4.05. The molecule has 0 spiro atoms. The van der Waals surface area contributed by atoms with Crippen molar-refractivity contribution >= 4 is 35.0 Å². The molecule has 1 aromatic carbocycles. The van der Waals surface area contributed by atoms with Crippen LogP contribution in [0.3, 0.4) is 0 Å². The molecule has 0 aliphatic rings. The summed E-state index contributed by atoms with van der Waals surface area (Å²) in [5, 5.41) is 9.70. The van der Waals surface area contributed by atoms with Gasteiger partial charge < -0.3 is 4.42 Å². The summed E-state index contributed by atoms with van der Waals surface area (Å²) in [5.41, 5.74) is 0.707. The van der Waals surface area contributed by atoms with Gasteiger partial charge in [-0.05, 0) is 24.6 Å². The van der Waals surface area contributed by atoms with E-state index in [4.69, 9.17) is 27.6 Å². The van der Waals surface area contributed by atoms with Crippen LogP contribution in [-0.4, -0.2) is 16.0 Å². The highest BCUT2D eigenvalue weighted by atomic mass is 35.5. The number of unbranched alkanes of at least 4 members (excludes halogenated alkanes) is 2. The normalized spacial score (nSPS) is 10.9. The highest BCUT2D eigenvalue weighted by Crippen LogP contribution is 2.31. The third-order valence-electron chi connectivity index (χ3n) is 2.54. The molecule has 1 aromatic heterocycles. The molecule has 102 valence electrons. The van der Waals surface area contributed by atoms with E-state index in [9.17, 15) is 0 Å². The molecule has 0 atom stereocenters. The fraction of sp³-hybridized carbons (Fsp3) is 0.385. The first-order chi connectivity index (χ1) is 9.20. The summed E-state index contributed by atoms with van der Waals surface area (Å²) in [6.45, 7) is 2.18. The van der Waals surface area contributed by atoms with Crippen LogP contribution in [-0.2, 0) is 0 Å². The predicted octanol–water partition coefficient (Wildman–Crippen LogP) is 5.33. The summed E-state index contributed by atoms with van der Waals surface area (Å²) in [6, 6.07) is 5.20. The summed E-state index contributed by atoms with van der Waals surface area (Å²) in [6.07, 6.45) is 3.58. The highest BCUT2D eigenvalue weighted by molar-refractivity contribution is 7.99. The van der Waals surface area contributed by atoms with Gasteiger partial charge >= 0.3 is 0 Å². The van der Waals surface area contributed by atoms with Crippen molar-refractivity contribution in [3.8, 4) is 11.5 Å². The number of thioether (sulfide) groups is 1. The molecule has 3 nitrogen and oxygen atoms in total. The molecular formula is C13H14Cl2N2OS. The van der Waals surface area contributed by atoms with Gasteiger partial charge in [0, 0.05) is 10.8 Å². The van der Waals surface area contributed by atoms with Crippen LogP contribution >= 0.6 is 35.0 Å². The van der Waals surface area contributed by atoms with Crippen LogP contribution in [0.25, 0.3) is 11.5 Å². The van der Waals surface area contributed by atoms with E-state index in [1.807, 2.05) is 0 Å². The molecule has 0 amide bonds. The average Bonchev–Trinajstić information content (AvgIpc) is 2.83. The minimum atomic E-state index is 0.430. The zero-order valence-corrected chi connectivity index (χ0v) is 12.9. The second kappa shape index (κ2) is 7.17. The smallest absolute Gasteiger partial charge is 0.276 e. The summed E-state index contributed by atoms with van der Waals surface area (Å²) in [7, 11) is 0. The van der Waals surface area contributed by atoms with Gasteiger partial charge in [-0.3, -0.25) is 0 Å². The molecule has 1 heterocycles. The molecule has 0 aliphatic heterocycles. The lowest BCUT2D eigenvalue weighted by Crippen LogP contribution is -1.79. The lowest BCUT2D eigenvalue weighted by Gasteiger charge is -1.99. The maximum Gasteiger partial charge on any atom is 0.276 e. The first-order valence-electron chi connectivity index (χ1n) is 6.12. The summed E-state index contributed by atoms with van der Waals surface area (Å²) >= 11 is 13.5. The molecule has 0 aliphatic carbocycles. The van der Waals surface area contributed by atoms with Gasteiger partial charge in [-0.2, -0.15) is 0 Å². The van der Waals surface area contributed by atoms with Crippen molar-refractivity contribution < 1.29 is 4.42 Å². The van der Waals surface area contributed by atoms with E-state index >= 15 is 0 Å². The summed E-state index contributed by atoms with van der Waals surface area (Å²) < 4.78 is 5.58. The van der Waals surface area contributed by atoms with Crippen molar-refractivity contribution in [3.05, 3.63) is 28.2 Å². The fourth-order valence-corrected chi connectivity index (χ4v) is 2.80. The van der Waals surface area contributed by atoms with Crippen molar-refractivity contribution in [2.75, 3.05) is 5.75 Å². The van der Waals surface area contributed by atoms with Crippen molar-refractivity contribution in [2.24, 2.45) is 0 Å². The van der Waals surface area contributed by atoms with Crippen molar-refractivity contribution in [3.63, 3.8) is 0 Å². The van der Waals surface area contributed by atoms with Crippen molar-refractivity contribution in [1.29, 1.82) is 0 Å². The molecule has 0 fully saturated rings. The Bertz CT molecular complexity index is 545. The lowest BCUT2D eigenvalue weighted by atomic mass is 10.2. The molecule has 0 saturated carbocycles. The number of benzene rings is 1. The molecular weight excluding hydrogens is 303 g/mol. The number of hydrogen-bond acceptors (Lipinski definition) is 4. The zero-order chi connectivity index (χ0) is 13.7. The highest BCUT2D eigenvalue weighted by Gasteiger charge is 2.12. The third-order valence-corrected chi connectivity index (χ3v) is 3.99. The Labute approximate surface area is 126 Å². The fourth-order valence-electron chi connectivity index (χ4n) is 1.55. The van der Waals surface area contributed by atoms with Gasteiger partial charge in [0.05, 0.1) is 10.6 Å². The van der Waals surface area contributed by atoms with Crippen LogP contribution < -0.4 is 0 Å². The van der Waals surface area contributed by atoms with E-state index in [2.05, 4.69) is 17.1 Å². The molecule has 2 rings (SSSR count). The Morgan fingerprint density at radius 3 is 2.79 bits per heavy atom.